The Hall–Kier alpha value is -1.70. The van der Waals surface area contributed by atoms with Gasteiger partial charge in [0.2, 0.25) is 0 Å². The van der Waals surface area contributed by atoms with Crippen molar-refractivity contribution in [1.82, 2.24) is 10.3 Å². The van der Waals surface area contributed by atoms with E-state index in [2.05, 4.69) is 17.2 Å². The molecule has 0 bridgehead atoms. The lowest BCUT2D eigenvalue weighted by atomic mass is 9.90. The average Bonchev–Trinajstić information content (AvgIpc) is 2.96. The van der Waals surface area contributed by atoms with Crippen LogP contribution in [-0.2, 0) is 22.9 Å². The molecule has 0 radical (unpaired) electrons. The van der Waals surface area contributed by atoms with E-state index in [0.29, 0.717) is 10.8 Å². The summed E-state index contributed by atoms with van der Waals surface area (Å²) in [6.45, 7) is 4.02. The molecule has 1 heterocycles. The van der Waals surface area contributed by atoms with Crippen molar-refractivity contribution in [1.29, 1.82) is 0 Å². The molecule has 0 saturated heterocycles. The molecule has 1 aromatic heterocycles. The van der Waals surface area contributed by atoms with Crippen LogP contribution < -0.4 is 10.3 Å². The fourth-order valence-corrected chi connectivity index (χ4v) is 4.88. The predicted octanol–water partition coefficient (Wildman–Crippen LogP) is 2.80. The molecular weight excluding hydrogens is 344 g/mol. The maximum atomic E-state index is 12.3. The third-order valence-electron chi connectivity index (χ3n) is 4.15. The second-order valence-corrected chi connectivity index (χ2v) is 9.10. The number of rotatable bonds is 4. The molecule has 24 heavy (non-hydrogen) atoms. The molecule has 1 amide bonds. The van der Waals surface area contributed by atoms with Crippen LogP contribution >= 0.6 is 11.3 Å². The van der Waals surface area contributed by atoms with Crippen molar-refractivity contribution in [3.63, 3.8) is 0 Å². The maximum Gasteiger partial charge on any atom is 0.276 e. The fraction of sp³-hybridized carbons (Fsp3) is 0.353. The maximum absolute atomic E-state index is 12.3. The standard InChI is InChI=1S/C17H20N2O3S2/c1-11-4-3-5-14(9-11)24(21,22)19-18-17(20)16-10-13-8-12(2)6-7-15(13)23-16/h3-5,9-10,12,19H,6-8H2,1-2H3,(H,18,20)/t12-/m1/s1. The molecule has 0 spiro atoms. The number of carbonyl (C=O) groups is 1. The van der Waals surface area contributed by atoms with Crippen LogP contribution in [0.15, 0.2) is 35.2 Å². The molecule has 5 nitrogen and oxygen atoms in total. The van der Waals surface area contributed by atoms with Gasteiger partial charge in [0, 0.05) is 4.88 Å². The summed E-state index contributed by atoms with van der Waals surface area (Å²) in [5.41, 5.74) is 4.36. The summed E-state index contributed by atoms with van der Waals surface area (Å²) in [6, 6.07) is 8.41. The van der Waals surface area contributed by atoms with Gasteiger partial charge in [-0.15, -0.1) is 16.2 Å². The number of amides is 1. The van der Waals surface area contributed by atoms with Crippen molar-refractivity contribution in [2.24, 2.45) is 5.92 Å². The third kappa shape index (κ3) is 3.68. The Morgan fingerprint density at radius 2 is 2.08 bits per heavy atom. The van der Waals surface area contributed by atoms with Crippen LogP contribution in [0.1, 0.15) is 39.0 Å². The fourth-order valence-electron chi connectivity index (χ4n) is 2.83. The first kappa shape index (κ1) is 17.1. The van der Waals surface area contributed by atoms with Crippen LogP contribution in [-0.4, -0.2) is 14.3 Å². The van der Waals surface area contributed by atoms with Gasteiger partial charge in [-0.05, 0) is 61.4 Å². The first-order valence-corrected chi connectivity index (χ1v) is 10.2. The van der Waals surface area contributed by atoms with Gasteiger partial charge in [0.25, 0.3) is 15.9 Å². The highest BCUT2D eigenvalue weighted by atomic mass is 32.2. The van der Waals surface area contributed by atoms with Crippen molar-refractivity contribution in [3.8, 4) is 0 Å². The summed E-state index contributed by atoms with van der Waals surface area (Å²) < 4.78 is 24.5. The highest BCUT2D eigenvalue weighted by molar-refractivity contribution is 7.89. The van der Waals surface area contributed by atoms with E-state index in [-0.39, 0.29) is 4.90 Å². The van der Waals surface area contributed by atoms with Gasteiger partial charge in [-0.2, -0.15) is 0 Å². The van der Waals surface area contributed by atoms with Crippen LogP contribution in [0.3, 0.4) is 0 Å². The van der Waals surface area contributed by atoms with Gasteiger partial charge in [0.15, 0.2) is 0 Å². The Morgan fingerprint density at radius 1 is 1.29 bits per heavy atom. The van der Waals surface area contributed by atoms with E-state index in [1.165, 1.54) is 27.8 Å². The van der Waals surface area contributed by atoms with Crippen LogP contribution in [0.4, 0.5) is 0 Å². The first-order chi connectivity index (χ1) is 11.3. The highest BCUT2D eigenvalue weighted by Gasteiger charge is 2.22. The van der Waals surface area contributed by atoms with Crippen molar-refractivity contribution in [3.05, 3.63) is 51.2 Å². The molecule has 1 aliphatic carbocycles. The predicted molar refractivity (Wildman–Crippen MR) is 94.5 cm³/mol. The number of hydrazine groups is 1. The normalized spacial score (nSPS) is 17.3. The summed E-state index contributed by atoms with van der Waals surface area (Å²) >= 11 is 1.45. The molecule has 2 aromatic rings. The van der Waals surface area contributed by atoms with Crippen LogP contribution in [0.5, 0.6) is 0 Å². The zero-order valence-corrected chi connectivity index (χ0v) is 15.3. The number of benzene rings is 1. The first-order valence-electron chi connectivity index (χ1n) is 7.85. The minimum atomic E-state index is -3.77. The second kappa shape index (κ2) is 6.66. The lowest BCUT2D eigenvalue weighted by Crippen LogP contribution is -2.41. The molecule has 2 N–H and O–H groups in total. The van der Waals surface area contributed by atoms with E-state index in [1.807, 2.05) is 19.1 Å². The third-order valence-corrected chi connectivity index (χ3v) is 6.63. The molecule has 0 fully saturated rings. The Balaban J connectivity index is 1.69. The van der Waals surface area contributed by atoms with Crippen molar-refractivity contribution in [2.75, 3.05) is 0 Å². The number of thiophene rings is 1. The van der Waals surface area contributed by atoms with Crippen molar-refractivity contribution < 1.29 is 13.2 Å². The van der Waals surface area contributed by atoms with Gasteiger partial charge in [-0.1, -0.05) is 19.1 Å². The zero-order valence-electron chi connectivity index (χ0n) is 13.6. The second-order valence-electron chi connectivity index (χ2n) is 6.28. The average molecular weight is 364 g/mol. The number of hydrogen-bond donors (Lipinski definition) is 2. The number of nitrogens with one attached hydrogen (secondary N) is 2. The zero-order chi connectivity index (χ0) is 17.3. The molecule has 1 aromatic carbocycles. The molecule has 0 unspecified atom stereocenters. The summed E-state index contributed by atoms with van der Waals surface area (Å²) in [4.78, 5) is 16.3. The lowest BCUT2D eigenvalue weighted by molar-refractivity contribution is 0.0949. The van der Waals surface area contributed by atoms with Gasteiger partial charge in [-0.25, -0.2) is 8.42 Å². The molecule has 0 aliphatic heterocycles. The Bertz CT molecular complexity index is 872. The highest BCUT2D eigenvalue weighted by Crippen LogP contribution is 2.32. The minimum absolute atomic E-state index is 0.127. The van der Waals surface area contributed by atoms with E-state index in [1.54, 1.807) is 12.1 Å². The van der Waals surface area contributed by atoms with Crippen LogP contribution in [0, 0.1) is 12.8 Å². The molecule has 128 valence electrons. The number of sulfonamides is 1. The van der Waals surface area contributed by atoms with E-state index >= 15 is 0 Å². The minimum Gasteiger partial charge on any atom is -0.273 e. The quantitative estimate of drug-likeness (QED) is 0.819. The summed E-state index contributed by atoms with van der Waals surface area (Å²) in [7, 11) is -3.77. The van der Waals surface area contributed by atoms with Crippen LogP contribution in [0.25, 0.3) is 0 Å². The number of aryl methyl sites for hydroxylation is 2. The Labute approximate surface area is 146 Å². The number of hydrogen-bond acceptors (Lipinski definition) is 4. The molecule has 1 atom stereocenters. The van der Waals surface area contributed by atoms with E-state index in [4.69, 9.17) is 0 Å². The Morgan fingerprint density at radius 3 is 2.83 bits per heavy atom. The van der Waals surface area contributed by atoms with Crippen molar-refractivity contribution in [2.45, 2.75) is 38.0 Å². The molecule has 0 saturated carbocycles. The number of fused-ring (bicyclic) bond motifs is 1. The lowest BCUT2D eigenvalue weighted by Gasteiger charge is -2.16. The summed E-state index contributed by atoms with van der Waals surface area (Å²) in [5, 5.41) is 0. The van der Waals surface area contributed by atoms with Gasteiger partial charge in [-0.3, -0.25) is 10.2 Å². The SMILES string of the molecule is Cc1cccc(S(=O)(=O)NNC(=O)c2cc3c(s2)CC[C@@H](C)C3)c1. The van der Waals surface area contributed by atoms with E-state index in [9.17, 15) is 13.2 Å². The monoisotopic (exact) mass is 364 g/mol. The van der Waals surface area contributed by atoms with E-state index in [0.717, 1.165) is 24.8 Å². The molecular formula is C17H20N2O3S2. The Kier molecular flexibility index (Phi) is 4.76. The van der Waals surface area contributed by atoms with Crippen molar-refractivity contribution >= 4 is 27.3 Å². The summed E-state index contributed by atoms with van der Waals surface area (Å²) in [6.07, 6.45) is 3.10. The topological polar surface area (TPSA) is 75.3 Å². The smallest absolute Gasteiger partial charge is 0.273 e. The molecule has 3 rings (SSSR count). The van der Waals surface area contributed by atoms with E-state index < -0.39 is 15.9 Å². The summed E-state index contributed by atoms with van der Waals surface area (Å²) in [5.74, 6) is 0.209. The molecule has 1 aliphatic rings. The van der Waals surface area contributed by atoms with Gasteiger partial charge in [0.05, 0.1) is 9.77 Å². The van der Waals surface area contributed by atoms with Gasteiger partial charge >= 0.3 is 0 Å². The number of carbonyl (C=O) groups excluding carboxylic acids is 1. The van der Waals surface area contributed by atoms with Crippen LogP contribution in [0.2, 0.25) is 0 Å². The van der Waals surface area contributed by atoms with Gasteiger partial charge in [0.1, 0.15) is 0 Å². The molecule has 7 heteroatoms. The largest absolute Gasteiger partial charge is 0.276 e. The van der Waals surface area contributed by atoms with Gasteiger partial charge < -0.3 is 0 Å².